The zero-order valence-electron chi connectivity index (χ0n) is 9.77. The Morgan fingerprint density at radius 1 is 1.44 bits per heavy atom. The summed E-state index contributed by atoms with van der Waals surface area (Å²) in [5, 5.41) is 17.3. The smallest absolute Gasteiger partial charge is 0.184 e. The molecule has 0 spiro atoms. The third-order valence-electron chi connectivity index (χ3n) is 3.26. The van der Waals surface area contributed by atoms with Gasteiger partial charge in [-0.05, 0) is 18.8 Å². The predicted octanol–water partition coefficient (Wildman–Crippen LogP) is 0.303. The summed E-state index contributed by atoms with van der Waals surface area (Å²) in [5.41, 5.74) is 6.89. The molecule has 3 N–H and O–H groups in total. The van der Waals surface area contributed by atoms with Gasteiger partial charge >= 0.3 is 0 Å². The van der Waals surface area contributed by atoms with Crippen LogP contribution in [0.1, 0.15) is 18.9 Å². The summed E-state index contributed by atoms with van der Waals surface area (Å²) in [6.07, 6.45) is 7.27. The van der Waals surface area contributed by atoms with Crippen LogP contribution in [0, 0.1) is 5.92 Å². The summed E-state index contributed by atoms with van der Waals surface area (Å²) >= 11 is 0. The average Bonchev–Trinajstić information content (AvgIpc) is 2.84. The number of nitrogen functional groups attached to an aromatic ring is 1. The first-order valence-electron chi connectivity index (χ1n) is 5.88. The Bertz CT molecular complexity index is 592. The Kier molecular flexibility index (Phi) is 2.67. The molecule has 2 aromatic heterocycles. The molecule has 0 amide bonds. The molecular formula is C11H14N6O. The van der Waals surface area contributed by atoms with Crippen molar-refractivity contribution in [1.82, 2.24) is 25.0 Å². The zero-order valence-corrected chi connectivity index (χ0v) is 9.77. The van der Waals surface area contributed by atoms with Gasteiger partial charge in [0.1, 0.15) is 6.33 Å². The van der Waals surface area contributed by atoms with Gasteiger partial charge in [0, 0.05) is 6.61 Å². The molecule has 0 fully saturated rings. The summed E-state index contributed by atoms with van der Waals surface area (Å²) < 4.78 is 1.74. The zero-order chi connectivity index (χ0) is 12.5. The van der Waals surface area contributed by atoms with Crippen LogP contribution in [0.5, 0.6) is 0 Å². The van der Waals surface area contributed by atoms with Crippen LogP contribution in [0.3, 0.4) is 0 Å². The van der Waals surface area contributed by atoms with E-state index in [1.807, 2.05) is 0 Å². The van der Waals surface area contributed by atoms with E-state index in [9.17, 15) is 5.11 Å². The quantitative estimate of drug-likeness (QED) is 0.739. The lowest BCUT2D eigenvalue weighted by molar-refractivity contribution is 0.202. The van der Waals surface area contributed by atoms with Crippen LogP contribution in [0.2, 0.25) is 0 Å². The fourth-order valence-corrected chi connectivity index (χ4v) is 2.28. The maximum Gasteiger partial charge on any atom is 0.184 e. The molecule has 2 heterocycles. The highest BCUT2D eigenvalue weighted by molar-refractivity contribution is 5.80. The van der Waals surface area contributed by atoms with Gasteiger partial charge in [-0.1, -0.05) is 17.4 Å². The van der Waals surface area contributed by atoms with Crippen molar-refractivity contribution in [1.29, 1.82) is 0 Å². The molecule has 0 saturated heterocycles. The number of fused-ring (bicyclic) bond motifs is 1. The van der Waals surface area contributed by atoms with Crippen molar-refractivity contribution in [2.45, 2.75) is 18.9 Å². The normalized spacial score (nSPS) is 23.6. The first kappa shape index (κ1) is 11.1. The third kappa shape index (κ3) is 1.72. The number of rotatable bonds is 2. The third-order valence-corrected chi connectivity index (χ3v) is 3.26. The largest absolute Gasteiger partial charge is 0.396 e. The standard InChI is InChI=1S/C11H14N6O/c12-10-9-11(14-6-13-10)17(16-15-9)8-3-1-2-7(4-8)5-18/h1,3,6-8,18H,2,4-5H2,(H2,12,13,14). The molecule has 2 unspecified atom stereocenters. The fraction of sp³-hybridized carbons (Fsp3) is 0.455. The molecule has 3 rings (SSSR count). The molecule has 1 aliphatic rings. The van der Waals surface area contributed by atoms with Gasteiger partial charge in [-0.3, -0.25) is 0 Å². The molecule has 7 heteroatoms. The van der Waals surface area contributed by atoms with Crippen molar-refractivity contribution < 1.29 is 5.11 Å². The monoisotopic (exact) mass is 246 g/mol. The second-order valence-corrected chi connectivity index (χ2v) is 4.48. The van der Waals surface area contributed by atoms with Crippen LogP contribution >= 0.6 is 0 Å². The van der Waals surface area contributed by atoms with Crippen LogP contribution in [0.15, 0.2) is 18.5 Å². The predicted molar refractivity (Wildman–Crippen MR) is 65.5 cm³/mol. The first-order valence-corrected chi connectivity index (χ1v) is 5.88. The molecule has 0 aliphatic heterocycles. The van der Waals surface area contributed by atoms with Crippen molar-refractivity contribution >= 4 is 17.0 Å². The lowest BCUT2D eigenvalue weighted by Crippen LogP contribution is -2.19. The van der Waals surface area contributed by atoms with E-state index in [0.717, 1.165) is 12.8 Å². The number of aliphatic hydroxyl groups is 1. The van der Waals surface area contributed by atoms with E-state index in [1.165, 1.54) is 6.33 Å². The summed E-state index contributed by atoms with van der Waals surface area (Å²) in [5.74, 6) is 0.600. The second-order valence-electron chi connectivity index (χ2n) is 4.48. The Hall–Kier alpha value is -2.02. The molecule has 0 aromatic carbocycles. The van der Waals surface area contributed by atoms with Crippen LogP contribution in [0.4, 0.5) is 5.82 Å². The highest BCUT2D eigenvalue weighted by Crippen LogP contribution is 2.28. The van der Waals surface area contributed by atoms with Crippen LogP contribution < -0.4 is 5.73 Å². The number of hydrogen-bond acceptors (Lipinski definition) is 6. The van der Waals surface area contributed by atoms with E-state index in [-0.39, 0.29) is 18.6 Å². The van der Waals surface area contributed by atoms with Crippen molar-refractivity contribution in [3.8, 4) is 0 Å². The van der Waals surface area contributed by atoms with E-state index in [0.29, 0.717) is 17.0 Å². The highest BCUT2D eigenvalue weighted by atomic mass is 16.3. The number of hydrogen-bond donors (Lipinski definition) is 2. The lowest BCUT2D eigenvalue weighted by atomic mass is 9.92. The van der Waals surface area contributed by atoms with E-state index in [2.05, 4.69) is 32.4 Å². The average molecular weight is 246 g/mol. The van der Waals surface area contributed by atoms with E-state index in [4.69, 9.17) is 5.73 Å². The minimum atomic E-state index is 0.0650. The van der Waals surface area contributed by atoms with Gasteiger partial charge in [0.25, 0.3) is 0 Å². The molecule has 2 aromatic rings. The summed E-state index contributed by atoms with van der Waals surface area (Å²) in [4.78, 5) is 8.07. The van der Waals surface area contributed by atoms with Gasteiger partial charge in [0.2, 0.25) is 0 Å². The summed E-state index contributed by atoms with van der Waals surface area (Å²) in [6.45, 7) is 0.185. The van der Waals surface area contributed by atoms with Crippen molar-refractivity contribution in [2.75, 3.05) is 12.3 Å². The molecule has 1 aliphatic carbocycles. The van der Waals surface area contributed by atoms with Gasteiger partial charge in [-0.15, -0.1) is 5.10 Å². The number of aromatic nitrogens is 5. The highest BCUT2D eigenvalue weighted by Gasteiger charge is 2.22. The van der Waals surface area contributed by atoms with Gasteiger partial charge in [-0.2, -0.15) is 0 Å². The Morgan fingerprint density at radius 3 is 3.17 bits per heavy atom. The molecular weight excluding hydrogens is 232 g/mol. The number of aliphatic hydroxyl groups excluding tert-OH is 1. The van der Waals surface area contributed by atoms with E-state index >= 15 is 0 Å². The van der Waals surface area contributed by atoms with Crippen LogP contribution in [-0.4, -0.2) is 36.7 Å². The Labute approximate surface area is 103 Å². The fourth-order valence-electron chi connectivity index (χ4n) is 2.28. The number of nitrogens with two attached hydrogens (primary N) is 1. The molecule has 0 saturated carbocycles. The van der Waals surface area contributed by atoms with E-state index < -0.39 is 0 Å². The summed E-state index contributed by atoms with van der Waals surface area (Å²) in [7, 11) is 0. The maximum absolute atomic E-state index is 9.24. The van der Waals surface area contributed by atoms with Crippen molar-refractivity contribution in [3.05, 3.63) is 18.5 Å². The van der Waals surface area contributed by atoms with Gasteiger partial charge in [-0.25, -0.2) is 14.6 Å². The minimum absolute atomic E-state index is 0.0650. The molecule has 0 radical (unpaired) electrons. The summed E-state index contributed by atoms with van der Waals surface area (Å²) in [6, 6.07) is 0.0650. The lowest BCUT2D eigenvalue weighted by Gasteiger charge is -2.23. The van der Waals surface area contributed by atoms with E-state index in [1.54, 1.807) is 4.68 Å². The van der Waals surface area contributed by atoms with Crippen molar-refractivity contribution in [3.63, 3.8) is 0 Å². The number of anilines is 1. The maximum atomic E-state index is 9.24. The number of allylic oxidation sites excluding steroid dienone is 2. The first-order chi connectivity index (χ1) is 8.79. The Morgan fingerprint density at radius 2 is 2.33 bits per heavy atom. The minimum Gasteiger partial charge on any atom is -0.396 e. The second kappa shape index (κ2) is 4.34. The molecule has 2 atom stereocenters. The van der Waals surface area contributed by atoms with Gasteiger partial charge in [0.15, 0.2) is 17.0 Å². The molecule has 0 bridgehead atoms. The van der Waals surface area contributed by atoms with Gasteiger partial charge < -0.3 is 10.8 Å². The topological polar surface area (TPSA) is 103 Å². The van der Waals surface area contributed by atoms with Crippen LogP contribution in [-0.2, 0) is 0 Å². The Balaban J connectivity index is 2.02. The molecule has 94 valence electrons. The van der Waals surface area contributed by atoms with Crippen LogP contribution in [0.25, 0.3) is 11.2 Å². The molecule has 18 heavy (non-hydrogen) atoms. The van der Waals surface area contributed by atoms with Gasteiger partial charge in [0.05, 0.1) is 6.04 Å². The molecule has 7 nitrogen and oxygen atoms in total. The van der Waals surface area contributed by atoms with Crippen molar-refractivity contribution in [2.24, 2.45) is 5.92 Å². The SMILES string of the molecule is Nc1ncnc2c1nnn2C1C=CCC(CO)C1. The number of nitrogens with zero attached hydrogens (tertiary/aromatic N) is 5.